The molecule has 0 saturated heterocycles. The Labute approximate surface area is 146 Å². The minimum atomic E-state index is -0.213. The molecule has 0 aromatic heterocycles. The van der Waals surface area contributed by atoms with Crippen molar-refractivity contribution in [3.8, 4) is 17.2 Å². The average molecular weight is 350 g/mol. The van der Waals surface area contributed by atoms with Crippen molar-refractivity contribution in [3.05, 3.63) is 52.5 Å². The number of aryl methyl sites for hydroxylation is 1. The Morgan fingerprint density at radius 3 is 2.50 bits per heavy atom. The van der Waals surface area contributed by atoms with E-state index < -0.39 is 0 Å². The van der Waals surface area contributed by atoms with Gasteiger partial charge in [-0.1, -0.05) is 17.7 Å². The molecule has 0 unspecified atom stereocenters. The van der Waals surface area contributed by atoms with E-state index in [4.69, 9.17) is 25.8 Å². The van der Waals surface area contributed by atoms with Gasteiger partial charge in [0, 0.05) is 5.56 Å². The molecule has 1 amide bonds. The lowest BCUT2D eigenvalue weighted by Crippen LogP contribution is -2.28. The fourth-order valence-electron chi connectivity index (χ4n) is 2.13. The SMILES string of the molecule is COc1ccc(C(=O)NCCOc2cc(C)ccc2Cl)cc1OC. The van der Waals surface area contributed by atoms with Crippen LogP contribution in [0.1, 0.15) is 15.9 Å². The summed E-state index contributed by atoms with van der Waals surface area (Å²) in [4.78, 5) is 12.2. The third-order valence-electron chi connectivity index (χ3n) is 3.38. The first-order valence-corrected chi connectivity index (χ1v) is 7.82. The molecule has 6 heteroatoms. The van der Waals surface area contributed by atoms with Crippen LogP contribution in [0.2, 0.25) is 5.02 Å². The highest BCUT2D eigenvalue weighted by molar-refractivity contribution is 6.32. The summed E-state index contributed by atoms with van der Waals surface area (Å²) >= 11 is 6.06. The van der Waals surface area contributed by atoms with E-state index in [9.17, 15) is 4.79 Å². The molecule has 2 rings (SSSR count). The van der Waals surface area contributed by atoms with Crippen molar-refractivity contribution in [1.29, 1.82) is 0 Å². The summed E-state index contributed by atoms with van der Waals surface area (Å²) in [7, 11) is 3.07. The van der Waals surface area contributed by atoms with Gasteiger partial charge in [0.1, 0.15) is 12.4 Å². The van der Waals surface area contributed by atoms with Gasteiger partial charge in [-0.15, -0.1) is 0 Å². The number of hydrogen-bond donors (Lipinski definition) is 1. The quantitative estimate of drug-likeness (QED) is 0.777. The highest BCUT2D eigenvalue weighted by Gasteiger charge is 2.10. The Kier molecular flexibility index (Phi) is 6.32. The van der Waals surface area contributed by atoms with Gasteiger partial charge in [0.05, 0.1) is 25.8 Å². The van der Waals surface area contributed by atoms with E-state index in [0.717, 1.165) is 5.56 Å². The first-order valence-electron chi connectivity index (χ1n) is 7.44. The number of halogens is 1. The number of amides is 1. The zero-order valence-electron chi connectivity index (χ0n) is 13.9. The number of rotatable bonds is 7. The molecule has 0 atom stereocenters. The minimum absolute atomic E-state index is 0.213. The van der Waals surface area contributed by atoms with E-state index in [-0.39, 0.29) is 5.91 Å². The van der Waals surface area contributed by atoms with E-state index in [1.807, 2.05) is 19.1 Å². The number of hydrogen-bond acceptors (Lipinski definition) is 4. The molecule has 2 aromatic rings. The highest BCUT2D eigenvalue weighted by Crippen LogP contribution is 2.27. The summed E-state index contributed by atoms with van der Waals surface area (Å²) in [6, 6.07) is 10.6. The first kappa shape index (κ1) is 17.9. The summed E-state index contributed by atoms with van der Waals surface area (Å²) in [5, 5.41) is 3.34. The Balaban J connectivity index is 1.88. The van der Waals surface area contributed by atoms with Crippen LogP contribution in [-0.4, -0.2) is 33.3 Å². The van der Waals surface area contributed by atoms with Crippen LogP contribution in [0.5, 0.6) is 17.2 Å². The van der Waals surface area contributed by atoms with Crippen molar-refractivity contribution >= 4 is 17.5 Å². The van der Waals surface area contributed by atoms with Crippen LogP contribution in [0.4, 0.5) is 0 Å². The smallest absolute Gasteiger partial charge is 0.251 e. The maximum Gasteiger partial charge on any atom is 0.251 e. The molecule has 5 nitrogen and oxygen atoms in total. The van der Waals surface area contributed by atoms with Gasteiger partial charge in [-0.25, -0.2) is 0 Å². The van der Waals surface area contributed by atoms with Crippen LogP contribution in [0.3, 0.4) is 0 Å². The molecule has 0 radical (unpaired) electrons. The van der Waals surface area contributed by atoms with Crippen LogP contribution in [0.25, 0.3) is 0 Å². The Morgan fingerprint density at radius 1 is 1.04 bits per heavy atom. The van der Waals surface area contributed by atoms with Crippen molar-refractivity contribution in [2.75, 3.05) is 27.4 Å². The van der Waals surface area contributed by atoms with Crippen LogP contribution < -0.4 is 19.5 Å². The number of ether oxygens (including phenoxy) is 3. The van der Waals surface area contributed by atoms with Gasteiger partial charge in [-0.2, -0.15) is 0 Å². The summed E-state index contributed by atoms with van der Waals surface area (Å²) in [5.74, 6) is 1.48. The number of carbonyl (C=O) groups is 1. The van der Waals surface area contributed by atoms with E-state index in [0.29, 0.717) is 41.0 Å². The monoisotopic (exact) mass is 349 g/mol. The molecule has 128 valence electrons. The van der Waals surface area contributed by atoms with Gasteiger partial charge < -0.3 is 19.5 Å². The van der Waals surface area contributed by atoms with Gasteiger partial charge >= 0.3 is 0 Å². The van der Waals surface area contributed by atoms with Crippen LogP contribution in [-0.2, 0) is 0 Å². The maximum absolute atomic E-state index is 12.2. The zero-order valence-corrected chi connectivity index (χ0v) is 14.6. The van der Waals surface area contributed by atoms with Crippen LogP contribution in [0, 0.1) is 6.92 Å². The molecule has 0 aliphatic heterocycles. The molecule has 0 fully saturated rings. The molecule has 24 heavy (non-hydrogen) atoms. The maximum atomic E-state index is 12.2. The van der Waals surface area contributed by atoms with Crippen molar-refractivity contribution in [1.82, 2.24) is 5.32 Å². The number of nitrogens with one attached hydrogen (secondary N) is 1. The van der Waals surface area contributed by atoms with Gasteiger partial charge in [-0.05, 0) is 42.8 Å². The van der Waals surface area contributed by atoms with E-state index in [2.05, 4.69) is 5.32 Å². The predicted octanol–water partition coefficient (Wildman–Crippen LogP) is 3.47. The fourth-order valence-corrected chi connectivity index (χ4v) is 2.30. The van der Waals surface area contributed by atoms with Crippen molar-refractivity contribution in [2.24, 2.45) is 0 Å². The topological polar surface area (TPSA) is 56.8 Å². The third-order valence-corrected chi connectivity index (χ3v) is 3.69. The largest absolute Gasteiger partial charge is 0.493 e. The normalized spacial score (nSPS) is 10.2. The first-order chi connectivity index (χ1) is 11.5. The van der Waals surface area contributed by atoms with E-state index >= 15 is 0 Å². The van der Waals surface area contributed by atoms with Crippen molar-refractivity contribution in [3.63, 3.8) is 0 Å². The number of methoxy groups -OCH3 is 2. The Morgan fingerprint density at radius 2 is 1.79 bits per heavy atom. The summed E-state index contributed by atoms with van der Waals surface area (Å²) in [6.45, 7) is 2.64. The minimum Gasteiger partial charge on any atom is -0.493 e. The standard InChI is InChI=1S/C18H20ClNO4/c1-12-4-6-14(19)16(10-12)24-9-8-20-18(21)13-5-7-15(22-2)17(11-13)23-3/h4-7,10-11H,8-9H2,1-3H3,(H,20,21). The second-order valence-corrected chi connectivity index (χ2v) is 5.52. The molecule has 0 aliphatic rings. The summed E-state index contributed by atoms with van der Waals surface area (Å²) in [5.41, 5.74) is 1.55. The molecule has 0 spiro atoms. The summed E-state index contributed by atoms with van der Waals surface area (Å²) < 4.78 is 15.9. The lowest BCUT2D eigenvalue weighted by atomic mass is 10.2. The van der Waals surface area contributed by atoms with Gasteiger partial charge in [-0.3, -0.25) is 4.79 Å². The highest BCUT2D eigenvalue weighted by atomic mass is 35.5. The average Bonchev–Trinajstić information content (AvgIpc) is 2.60. The molecule has 2 aromatic carbocycles. The van der Waals surface area contributed by atoms with Crippen LogP contribution >= 0.6 is 11.6 Å². The zero-order chi connectivity index (χ0) is 17.5. The molecular formula is C18H20ClNO4. The van der Waals surface area contributed by atoms with E-state index in [1.54, 1.807) is 31.4 Å². The molecule has 0 heterocycles. The van der Waals surface area contributed by atoms with E-state index in [1.165, 1.54) is 7.11 Å². The van der Waals surface area contributed by atoms with Gasteiger partial charge in [0.15, 0.2) is 11.5 Å². The molecule has 0 saturated carbocycles. The molecule has 0 aliphatic carbocycles. The Bertz CT molecular complexity index is 718. The second kappa shape index (κ2) is 8.45. The lowest BCUT2D eigenvalue weighted by molar-refractivity contribution is 0.0946. The predicted molar refractivity (Wildman–Crippen MR) is 93.6 cm³/mol. The molecule has 1 N–H and O–H groups in total. The second-order valence-electron chi connectivity index (χ2n) is 5.11. The van der Waals surface area contributed by atoms with Gasteiger partial charge in [0.2, 0.25) is 0 Å². The molecular weight excluding hydrogens is 330 g/mol. The molecule has 0 bridgehead atoms. The lowest BCUT2D eigenvalue weighted by Gasteiger charge is -2.11. The van der Waals surface area contributed by atoms with Gasteiger partial charge in [0.25, 0.3) is 5.91 Å². The third kappa shape index (κ3) is 4.55. The van der Waals surface area contributed by atoms with Crippen molar-refractivity contribution in [2.45, 2.75) is 6.92 Å². The fraction of sp³-hybridized carbons (Fsp3) is 0.278. The van der Waals surface area contributed by atoms with Crippen LogP contribution in [0.15, 0.2) is 36.4 Å². The Hall–Kier alpha value is -2.40. The number of carbonyl (C=O) groups excluding carboxylic acids is 1. The summed E-state index contributed by atoms with van der Waals surface area (Å²) in [6.07, 6.45) is 0. The number of benzene rings is 2. The van der Waals surface area contributed by atoms with Crippen molar-refractivity contribution < 1.29 is 19.0 Å².